The van der Waals surface area contributed by atoms with Crippen LogP contribution < -0.4 is 10.2 Å². The second-order valence-electron chi connectivity index (χ2n) is 4.41. The molecule has 0 bridgehead atoms. The number of hydrogen-bond acceptors (Lipinski definition) is 4. The van der Waals surface area contributed by atoms with Crippen molar-refractivity contribution in [2.45, 2.75) is 25.8 Å². The van der Waals surface area contributed by atoms with Gasteiger partial charge in [-0.2, -0.15) is 0 Å². The number of rotatable bonds is 6. The average molecular weight is 249 g/mol. The summed E-state index contributed by atoms with van der Waals surface area (Å²) in [6, 6.07) is 4.18. The van der Waals surface area contributed by atoms with Gasteiger partial charge in [-0.05, 0) is 31.9 Å². The third-order valence-electron chi connectivity index (χ3n) is 2.97. The van der Waals surface area contributed by atoms with E-state index in [-0.39, 0.29) is 12.5 Å². The van der Waals surface area contributed by atoms with Crippen LogP contribution in [0.3, 0.4) is 0 Å². The predicted molar refractivity (Wildman–Crippen MR) is 69.7 cm³/mol. The van der Waals surface area contributed by atoms with E-state index in [1.807, 2.05) is 13.0 Å². The van der Waals surface area contributed by atoms with Crippen LogP contribution in [0.1, 0.15) is 30.3 Å². The molecule has 5 nitrogen and oxygen atoms in total. The van der Waals surface area contributed by atoms with Crippen molar-refractivity contribution >= 4 is 11.6 Å². The minimum atomic E-state index is -0.154. The van der Waals surface area contributed by atoms with Gasteiger partial charge < -0.3 is 15.3 Å². The molecule has 1 aliphatic rings. The van der Waals surface area contributed by atoms with E-state index in [1.165, 1.54) is 0 Å². The molecule has 2 rings (SSSR count). The number of pyridine rings is 1. The molecule has 1 aliphatic carbocycles. The van der Waals surface area contributed by atoms with Gasteiger partial charge in [0.15, 0.2) is 0 Å². The van der Waals surface area contributed by atoms with E-state index in [1.54, 1.807) is 12.3 Å². The molecular formula is C13H19N3O2. The monoisotopic (exact) mass is 249 g/mol. The van der Waals surface area contributed by atoms with Crippen molar-refractivity contribution in [3.8, 4) is 0 Å². The number of aliphatic hydroxyl groups is 1. The first-order valence-electron chi connectivity index (χ1n) is 6.38. The van der Waals surface area contributed by atoms with Crippen molar-refractivity contribution in [1.82, 2.24) is 10.3 Å². The fourth-order valence-electron chi connectivity index (χ4n) is 1.99. The van der Waals surface area contributed by atoms with Gasteiger partial charge in [0.05, 0.1) is 6.61 Å². The fraction of sp³-hybridized carbons (Fsp3) is 0.538. The summed E-state index contributed by atoms with van der Waals surface area (Å²) < 4.78 is 0. The molecule has 0 spiro atoms. The number of nitrogens with zero attached hydrogens (tertiary/aromatic N) is 2. The van der Waals surface area contributed by atoms with Gasteiger partial charge in [0.2, 0.25) is 0 Å². The van der Waals surface area contributed by atoms with E-state index in [0.717, 1.165) is 18.5 Å². The molecule has 1 saturated carbocycles. The van der Waals surface area contributed by atoms with Gasteiger partial charge in [-0.25, -0.2) is 0 Å². The maximum atomic E-state index is 11.7. The van der Waals surface area contributed by atoms with Crippen molar-refractivity contribution in [3.63, 3.8) is 0 Å². The molecule has 1 aromatic heterocycles. The molecule has 1 amide bonds. The lowest BCUT2D eigenvalue weighted by molar-refractivity contribution is 0.0951. The summed E-state index contributed by atoms with van der Waals surface area (Å²) in [5.74, 6) is -0.154. The zero-order valence-corrected chi connectivity index (χ0v) is 10.6. The zero-order chi connectivity index (χ0) is 13.0. The molecule has 0 aromatic carbocycles. The minimum Gasteiger partial charge on any atom is -0.395 e. The van der Waals surface area contributed by atoms with Crippen LogP contribution in [0.5, 0.6) is 0 Å². The fourth-order valence-corrected chi connectivity index (χ4v) is 1.99. The molecule has 98 valence electrons. The van der Waals surface area contributed by atoms with E-state index < -0.39 is 0 Å². The van der Waals surface area contributed by atoms with Gasteiger partial charge in [0, 0.05) is 31.0 Å². The molecule has 2 N–H and O–H groups in total. The van der Waals surface area contributed by atoms with Gasteiger partial charge in [-0.1, -0.05) is 0 Å². The van der Waals surface area contributed by atoms with Crippen LogP contribution in [0.15, 0.2) is 18.3 Å². The molecule has 1 aromatic rings. The first-order valence-corrected chi connectivity index (χ1v) is 6.38. The lowest BCUT2D eigenvalue weighted by atomic mass is 10.2. The van der Waals surface area contributed by atoms with Crippen molar-refractivity contribution in [3.05, 3.63) is 24.0 Å². The molecule has 1 fully saturated rings. The van der Waals surface area contributed by atoms with E-state index in [0.29, 0.717) is 24.8 Å². The van der Waals surface area contributed by atoms with E-state index >= 15 is 0 Å². The highest BCUT2D eigenvalue weighted by Gasteiger charge is 2.29. The molecule has 0 atom stereocenters. The first-order chi connectivity index (χ1) is 8.76. The summed E-state index contributed by atoms with van der Waals surface area (Å²) in [5, 5.41) is 11.8. The number of carbonyl (C=O) groups excluding carboxylic acids is 1. The van der Waals surface area contributed by atoms with E-state index in [4.69, 9.17) is 5.11 Å². The highest BCUT2D eigenvalue weighted by molar-refractivity contribution is 5.93. The third kappa shape index (κ3) is 2.98. The molecule has 0 radical (unpaired) electrons. The number of amides is 1. The lowest BCUT2D eigenvalue weighted by Gasteiger charge is -2.23. The normalized spacial score (nSPS) is 14.3. The summed E-state index contributed by atoms with van der Waals surface area (Å²) in [6.45, 7) is 3.19. The van der Waals surface area contributed by atoms with Crippen molar-refractivity contribution in [2.75, 3.05) is 24.6 Å². The predicted octanol–water partition coefficient (Wildman–Crippen LogP) is 0.792. The summed E-state index contributed by atoms with van der Waals surface area (Å²) in [4.78, 5) is 17.9. The van der Waals surface area contributed by atoms with Crippen molar-refractivity contribution in [1.29, 1.82) is 0 Å². The Morgan fingerprint density at radius 3 is 3.00 bits per heavy atom. The van der Waals surface area contributed by atoms with Crippen LogP contribution in [0, 0.1) is 0 Å². The smallest absolute Gasteiger partial charge is 0.269 e. The van der Waals surface area contributed by atoms with Gasteiger partial charge in [0.25, 0.3) is 5.91 Å². The topological polar surface area (TPSA) is 65.5 Å². The third-order valence-corrected chi connectivity index (χ3v) is 2.97. The minimum absolute atomic E-state index is 0.120. The van der Waals surface area contributed by atoms with Gasteiger partial charge in [-0.15, -0.1) is 0 Å². The van der Waals surface area contributed by atoms with Gasteiger partial charge >= 0.3 is 0 Å². The number of nitrogens with one attached hydrogen (secondary N) is 1. The van der Waals surface area contributed by atoms with Gasteiger partial charge in [0.1, 0.15) is 5.69 Å². The van der Waals surface area contributed by atoms with E-state index in [2.05, 4.69) is 15.2 Å². The molecule has 0 unspecified atom stereocenters. The van der Waals surface area contributed by atoms with Crippen LogP contribution in [0.2, 0.25) is 0 Å². The second-order valence-corrected chi connectivity index (χ2v) is 4.41. The van der Waals surface area contributed by atoms with Crippen molar-refractivity contribution in [2.24, 2.45) is 0 Å². The van der Waals surface area contributed by atoms with Crippen molar-refractivity contribution < 1.29 is 9.90 Å². The zero-order valence-electron chi connectivity index (χ0n) is 10.6. The molecule has 0 saturated heterocycles. The number of aromatic nitrogens is 1. The Bertz CT molecular complexity index is 418. The maximum Gasteiger partial charge on any atom is 0.269 e. The largest absolute Gasteiger partial charge is 0.395 e. The number of aliphatic hydroxyl groups excluding tert-OH is 1. The van der Waals surface area contributed by atoms with Gasteiger partial charge in [-0.3, -0.25) is 9.78 Å². The Hall–Kier alpha value is -1.62. The Kier molecular flexibility index (Phi) is 4.15. The average Bonchev–Trinajstić information content (AvgIpc) is 3.21. The Morgan fingerprint density at radius 2 is 2.39 bits per heavy atom. The molecular weight excluding hydrogens is 230 g/mol. The second kappa shape index (κ2) is 5.82. The quantitative estimate of drug-likeness (QED) is 0.782. The maximum absolute atomic E-state index is 11.7. The highest BCUT2D eigenvalue weighted by Crippen LogP contribution is 2.31. The number of hydrogen-bond donors (Lipinski definition) is 2. The summed E-state index contributed by atoms with van der Waals surface area (Å²) >= 11 is 0. The lowest BCUT2D eigenvalue weighted by Crippen LogP contribution is -2.30. The van der Waals surface area contributed by atoms with Crippen LogP contribution in [0.25, 0.3) is 0 Å². The Labute approximate surface area is 107 Å². The van der Waals surface area contributed by atoms with Crippen LogP contribution in [-0.2, 0) is 0 Å². The van der Waals surface area contributed by atoms with E-state index in [9.17, 15) is 4.79 Å². The summed E-state index contributed by atoms with van der Waals surface area (Å²) in [5.41, 5.74) is 1.39. The number of carbonyl (C=O) groups is 1. The molecule has 1 heterocycles. The Balaban J connectivity index is 2.16. The van der Waals surface area contributed by atoms with Crippen LogP contribution in [-0.4, -0.2) is 41.7 Å². The highest BCUT2D eigenvalue weighted by atomic mass is 16.3. The first kappa shape index (κ1) is 12.8. The number of anilines is 1. The molecule has 18 heavy (non-hydrogen) atoms. The summed E-state index contributed by atoms with van der Waals surface area (Å²) in [7, 11) is 0. The SMILES string of the molecule is CCNC(=O)c1cc(N(CCO)C2CC2)ccn1. The molecule has 0 aliphatic heterocycles. The van der Waals surface area contributed by atoms with Crippen LogP contribution >= 0.6 is 0 Å². The molecule has 5 heteroatoms. The Morgan fingerprint density at radius 1 is 1.61 bits per heavy atom. The van der Waals surface area contributed by atoms with Crippen LogP contribution in [0.4, 0.5) is 5.69 Å². The standard InChI is InChI=1S/C13H19N3O2/c1-2-14-13(18)12-9-11(5-6-15-12)16(7-8-17)10-3-4-10/h5-6,9-10,17H,2-4,7-8H2,1H3,(H,14,18). The summed E-state index contributed by atoms with van der Waals surface area (Å²) in [6.07, 6.45) is 3.95.